The van der Waals surface area contributed by atoms with E-state index < -0.39 is 5.60 Å². The third-order valence-corrected chi connectivity index (χ3v) is 4.28. The number of aliphatic hydroxyl groups is 1. The van der Waals surface area contributed by atoms with Crippen LogP contribution in [-0.2, 0) is 18.4 Å². The quantitative estimate of drug-likeness (QED) is 0.826. The second kappa shape index (κ2) is 3.64. The fraction of sp³-hybridized carbons (Fsp3) is 0.600. The molecule has 1 fully saturated rings. The Balaban J connectivity index is 1.95. The Kier molecular flexibility index (Phi) is 2.16. The van der Waals surface area contributed by atoms with Gasteiger partial charge in [0.2, 0.25) is 0 Å². The van der Waals surface area contributed by atoms with E-state index in [0.29, 0.717) is 0 Å². The number of fused-ring (bicyclic) bond motifs is 2. The van der Waals surface area contributed by atoms with Gasteiger partial charge >= 0.3 is 0 Å². The van der Waals surface area contributed by atoms with E-state index in [0.717, 1.165) is 68.8 Å². The van der Waals surface area contributed by atoms with Crippen molar-refractivity contribution in [2.45, 2.75) is 44.1 Å². The predicted molar refractivity (Wildman–Crippen MR) is 67.2 cm³/mol. The molecule has 1 aliphatic carbocycles. The zero-order valence-corrected chi connectivity index (χ0v) is 10.5. The van der Waals surface area contributed by atoms with Crippen LogP contribution in [0.3, 0.4) is 0 Å². The largest absolute Gasteiger partial charge is 0.493 e. The topological polar surface area (TPSA) is 38.7 Å². The highest BCUT2D eigenvalue weighted by Gasteiger charge is 2.47. The van der Waals surface area contributed by atoms with Crippen LogP contribution in [0.1, 0.15) is 42.4 Å². The smallest absolute Gasteiger partial charge is 0.129 e. The molecule has 3 nitrogen and oxygen atoms in total. The Hall–Kier alpha value is -1.22. The summed E-state index contributed by atoms with van der Waals surface area (Å²) in [5.41, 5.74) is 2.83. The summed E-state index contributed by atoms with van der Waals surface area (Å²) in [6.07, 6.45) is 5.86. The lowest BCUT2D eigenvalue weighted by atomic mass is 9.89. The molecular weight excluding hydrogens is 228 g/mol. The van der Waals surface area contributed by atoms with Crippen molar-refractivity contribution in [1.82, 2.24) is 0 Å². The zero-order chi connectivity index (χ0) is 12.2. The molecule has 0 unspecified atom stereocenters. The van der Waals surface area contributed by atoms with E-state index in [9.17, 15) is 5.11 Å². The van der Waals surface area contributed by atoms with Crippen LogP contribution < -0.4 is 9.47 Å². The van der Waals surface area contributed by atoms with Gasteiger partial charge in [-0.15, -0.1) is 0 Å². The van der Waals surface area contributed by atoms with E-state index in [4.69, 9.17) is 9.47 Å². The van der Waals surface area contributed by atoms with Gasteiger partial charge in [-0.05, 0) is 50.2 Å². The predicted octanol–water partition coefficient (Wildman–Crippen LogP) is 2.32. The molecule has 2 heterocycles. The molecule has 0 spiro atoms. The van der Waals surface area contributed by atoms with Gasteiger partial charge in [-0.2, -0.15) is 0 Å². The van der Waals surface area contributed by atoms with E-state index in [1.165, 1.54) is 11.1 Å². The number of hydrogen-bond donors (Lipinski definition) is 1. The molecule has 0 bridgehead atoms. The van der Waals surface area contributed by atoms with Gasteiger partial charge in [0.15, 0.2) is 0 Å². The first-order valence-corrected chi connectivity index (χ1v) is 6.95. The monoisotopic (exact) mass is 246 g/mol. The molecule has 0 atom stereocenters. The molecule has 2 aliphatic heterocycles. The van der Waals surface area contributed by atoms with E-state index in [1.807, 2.05) is 0 Å². The van der Waals surface area contributed by atoms with Gasteiger partial charge in [0.25, 0.3) is 0 Å². The van der Waals surface area contributed by atoms with Crippen LogP contribution in [-0.4, -0.2) is 18.3 Å². The molecule has 0 amide bonds. The second-order valence-corrected chi connectivity index (χ2v) is 5.65. The van der Waals surface area contributed by atoms with Gasteiger partial charge in [-0.3, -0.25) is 0 Å². The Labute approximate surface area is 107 Å². The number of rotatable bonds is 1. The van der Waals surface area contributed by atoms with Crippen molar-refractivity contribution in [1.29, 1.82) is 0 Å². The summed E-state index contributed by atoms with van der Waals surface area (Å²) >= 11 is 0. The number of benzene rings is 1. The molecule has 1 aromatic carbocycles. The van der Waals surface area contributed by atoms with Crippen LogP contribution in [0.25, 0.3) is 0 Å². The highest BCUT2D eigenvalue weighted by Crippen LogP contribution is 2.54. The highest BCUT2D eigenvalue weighted by atomic mass is 16.5. The lowest BCUT2D eigenvalue weighted by Gasteiger charge is -2.29. The van der Waals surface area contributed by atoms with E-state index in [2.05, 4.69) is 6.07 Å². The number of hydrogen-bond acceptors (Lipinski definition) is 3. The van der Waals surface area contributed by atoms with Gasteiger partial charge < -0.3 is 14.6 Å². The third kappa shape index (κ3) is 1.46. The Bertz CT molecular complexity index is 469. The van der Waals surface area contributed by atoms with Crippen molar-refractivity contribution in [3.05, 3.63) is 22.8 Å². The van der Waals surface area contributed by atoms with Gasteiger partial charge in [-0.1, -0.05) is 0 Å². The molecule has 4 rings (SSSR count). The summed E-state index contributed by atoms with van der Waals surface area (Å²) in [7, 11) is 0. The van der Waals surface area contributed by atoms with Crippen molar-refractivity contribution >= 4 is 0 Å². The van der Waals surface area contributed by atoms with Crippen LogP contribution in [0.15, 0.2) is 6.07 Å². The first-order valence-electron chi connectivity index (χ1n) is 6.95. The summed E-state index contributed by atoms with van der Waals surface area (Å²) in [5.74, 6) is 1.95. The van der Waals surface area contributed by atoms with Gasteiger partial charge in [0, 0.05) is 11.1 Å². The minimum absolute atomic E-state index is 0.631. The van der Waals surface area contributed by atoms with Crippen LogP contribution in [0.4, 0.5) is 0 Å². The Morgan fingerprint density at radius 1 is 1.06 bits per heavy atom. The Morgan fingerprint density at radius 2 is 1.83 bits per heavy atom. The van der Waals surface area contributed by atoms with Crippen molar-refractivity contribution in [2.75, 3.05) is 13.2 Å². The molecular formula is C15H18O3. The average molecular weight is 246 g/mol. The second-order valence-electron chi connectivity index (χ2n) is 5.65. The molecule has 0 aromatic heterocycles. The van der Waals surface area contributed by atoms with Crippen LogP contribution >= 0.6 is 0 Å². The maximum absolute atomic E-state index is 10.6. The van der Waals surface area contributed by atoms with Crippen molar-refractivity contribution in [2.24, 2.45) is 0 Å². The molecule has 3 heteroatoms. The number of aryl methyl sites for hydroxylation is 1. The van der Waals surface area contributed by atoms with E-state index in [1.54, 1.807) is 0 Å². The fourth-order valence-electron chi connectivity index (χ4n) is 3.19. The highest BCUT2D eigenvalue weighted by molar-refractivity contribution is 5.58. The van der Waals surface area contributed by atoms with Crippen LogP contribution in [0.2, 0.25) is 0 Å². The maximum atomic E-state index is 10.6. The van der Waals surface area contributed by atoms with Gasteiger partial charge in [0.1, 0.15) is 11.5 Å². The molecule has 3 aliphatic rings. The Morgan fingerprint density at radius 3 is 2.67 bits per heavy atom. The standard InChI is InChI=1S/C15H18O3/c16-15(5-6-15)13-11-4-2-7-17-12(11)9-10-3-1-8-18-14(10)13/h9,16H,1-8H2. The molecule has 1 N–H and O–H groups in total. The lowest BCUT2D eigenvalue weighted by Crippen LogP contribution is -2.21. The first kappa shape index (κ1) is 10.7. The minimum atomic E-state index is -0.631. The minimum Gasteiger partial charge on any atom is -0.493 e. The lowest BCUT2D eigenvalue weighted by molar-refractivity contribution is 0.140. The summed E-state index contributed by atoms with van der Waals surface area (Å²) in [4.78, 5) is 0. The normalized spacial score (nSPS) is 23.4. The summed E-state index contributed by atoms with van der Waals surface area (Å²) in [5, 5.41) is 10.6. The maximum Gasteiger partial charge on any atom is 0.129 e. The SMILES string of the molecule is OC1(c2c3c(cc4c2OCCC4)OCCC3)CC1. The van der Waals surface area contributed by atoms with Crippen molar-refractivity contribution in [3.63, 3.8) is 0 Å². The molecule has 1 saturated carbocycles. The van der Waals surface area contributed by atoms with E-state index in [-0.39, 0.29) is 0 Å². The van der Waals surface area contributed by atoms with E-state index >= 15 is 0 Å². The van der Waals surface area contributed by atoms with Crippen LogP contribution in [0, 0.1) is 0 Å². The molecule has 96 valence electrons. The zero-order valence-electron chi connectivity index (χ0n) is 10.5. The molecule has 0 radical (unpaired) electrons. The molecule has 18 heavy (non-hydrogen) atoms. The van der Waals surface area contributed by atoms with Crippen molar-refractivity contribution < 1.29 is 14.6 Å². The molecule has 1 aromatic rings. The first-order chi connectivity index (χ1) is 8.78. The summed E-state index contributed by atoms with van der Waals surface area (Å²) in [6.45, 7) is 1.57. The van der Waals surface area contributed by atoms with Gasteiger partial charge in [-0.25, -0.2) is 0 Å². The van der Waals surface area contributed by atoms with Crippen LogP contribution in [0.5, 0.6) is 11.5 Å². The molecule has 0 saturated heterocycles. The summed E-state index contributed by atoms with van der Waals surface area (Å²) in [6, 6.07) is 2.14. The fourth-order valence-corrected chi connectivity index (χ4v) is 3.19. The van der Waals surface area contributed by atoms with Gasteiger partial charge in [0.05, 0.1) is 18.8 Å². The number of ether oxygens (including phenoxy) is 2. The average Bonchev–Trinajstić information content (AvgIpc) is 3.14. The van der Waals surface area contributed by atoms with Crippen molar-refractivity contribution in [3.8, 4) is 11.5 Å². The third-order valence-electron chi connectivity index (χ3n) is 4.28. The summed E-state index contributed by atoms with van der Waals surface area (Å²) < 4.78 is 11.7.